The van der Waals surface area contributed by atoms with Crippen molar-refractivity contribution < 1.29 is 14.6 Å². The Morgan fingerprint density at radius 3 is 2.70 bits per heavy atom. The minimum atomic E-state index is -0.948. The van der Waals surface area contributed by atoms with Crippen LogP contribution in [0.2, 0.25) is 0 Å². The van der Waals surface area contributed by atoms with Gasteiger partial charge in [0.25, 0.3) is 0 Å². The Labute approximate surface area is 133 Å². The van der Waals surface area contributed by atoms with Gasteiger partial charge in [-0.1, -0.05) is 13.3 Å². The summed E-state index contributed by atoms with van der Waals surface area (Å²) in [5, 5.41) is 9.04. The number of hydrogen-bond donors (Lipinski definition) is 2. The van der Waals surface area contributed by atoms with Crippen LogP contribution in [0.4, 0.5) is 0 Å². The van der Waals surface area contributed by atoms with Gasteiger partial charge in [-0.25, -0.2) is 9.78 Å². The van der Waals surface area contributed by atoms with Gasteiger partial charge in [0.05, 0.1) is 23.2 Å². The zero-order valence-corrected chi connectivity index (χ0v) is 12.9. The monoisotopic (exact) mass is 310 g/mol. The Morgan fingerprint density at radius 2 is 2.00 bits per heavy atom. The highest BCUT2D eigenvalue weighted by Crippen LogP contribution is 2.23. The fraction of sp³-hybridized carbons (Fsp3) is 0.222. The molecular weight excluding hydrogens is 292 g/mol. The van der Waals surface area contributed by atoms with Crippen LogP contribution in [-0.4, -0.2) is 27.7 Å². The first-order valence-electron chi connectivity index (χ1n) is 7.63. The predicted molar refractivity (Wildman–Crippen MR) is 88.9 cm³/mol. The van der Waals surface area contributed by atoms with Gasteiger partial charge in [0.2, 0.25) is 0 Å². The van der Waals surface area contributed by atoms with Crippen LogP contribution in [-0.2, 0) is 0 Å². The summed E-state index contributed by atoms with van der Waals surface area (Å²) in [5.74, 6) is 0.603. The van der Waals surface area contributed by atoms with E-state index in [0.717, 1.165) is 36.3 Å². The quantitative estimate of drug-likeness (QED) is 0.672. The molecule has 118 valence electrons. The van der Waals surface area contributed by atoms with Crippen molar-refractivity contribution in [1.82, 2.24) is 9.97 Å². The number of carboxylic acid groups (broad SMARTS) is 1. The molecule has 3 aromatic rings. The summed E-state index contributed by atoms with van der Waals surface area (Å²) in [6, 6.07) is 12.6. The average Bonchev–Trinajstić information content (AvgIpc) is 2.98. The number of H-pyrrole nitrogens is 1. The van der Waals surface area contributed by atoms with Crippen LogP contribution in [0, 0.1) is 0 Å². The van der Waals surface area contributed by atoms with E-state index in [9.17, 15) is 4.79 Å². The van der Waals surface area contributed by atoms with Crippen LogP contribution in [0.5, 0.6) is 5.75 Å². The van der Waals surface area contributed by atoms with Crippen LogP contribution < -0.4 is 4.74 Å². The second-order valence-corrected chi connectivity index (χ2v) is 5.35. The smallest absolute Gasteiger partial charge is 0.335 e. The molecule has 23 heavy (non-hydrogen) atoms. The van der Waals surface area contributed by atoms with Crippen molar-refractivity contribution in [3.63, 3.8) is 0 Å². The van der Waals surface area contributed by atoms with E-state index in [4.69, 9.17) is 9.84 Å². The molecule has 0 fully saturated rings. The first-order valence-corrected chi connectivity index (χ1v) is 7.63. The van der Waals surface area contributed by atoms with E-state index in [1.165, 1.54) is 0 Å². The summed E-state index contributed by atoms with van der Waals surface area (Å²) in [7, 11) is 0. The van der Waals surface area contributed by atoms with Crippen molar-refractivity contribution in [2.24, 2.45) is 0 Å². The van der Waals surface area contributed by atoms with Crippen molar-refractivity contribution in [3.05, 3.63) is 48.0 Å². The number of nitrogens with zero attached hydrogens (tertiary/aromatic N) is 1. The molecule has 0 saturated carbocycles. The third kappa shape index (κ3) is 3.34. The number of aromatic carboxylic acids is 1. The molecule has 0 bridgehead atoms. The van der Waals surface area contributed by atoms with E-state index in [1.54, 1.807) is 18.2 Å². The molecule has 2 N–H and O–H groups in total. The van der Waals surface area contributed by atoms with Gasteiger partial charge in [-0.15, -0.1) is 0 Å². The minimum Gasteiger partial charge on any atom is -0.494 e. The standard InChI is InChI=1S/C18H18N2O3/c1-2-3-10-23-14-7-4-12(5-8-14)17-19-15-9-6-13(18(21)22)11-16(15)20-17/h4-9,11H,2-3,10H2,1H3,(H,19,20)(H,21,22). The molecular formula is C18H18N2O3. The molecule has 3 rings (SSSR count). The van der Waals surface area contributed by atoms with Crippen LogP contribution in [0.25, 0.3) is 22.4 Å². The number of aromatic amines is 1. The summed E-state index contributed by atoms with van der Waals surface area (Å²) < 4.78 is 5.64. The summed E-state index contributed by atoms with van der Waals surface area (Å²) in [5.41, 5.74) is 2.63. The maximum atomic E-state index is 11.0. The number of hydrogen-bond acceptors (Lipinski definition) is 3. The lowest BCUT2D eigenvalue weighted by Crippen LogP contribution is -1.96. The van der Waals surface area contributed by atoms with Gasteiger partial charge < -0.3 is 14.8 Å². The lowest BCUT2D eigenvalue weighted by atomic mass is 10.2. The lowest BCUT2D eigenvalue weighted by Gasteiger charge is -2.05. The van der Waals surface area contributed by atoms with Gasteiger partial charge in [0, 0.05) is 5.56 Å². The average molecular weight is 310 g/mol. The number of benzene rings is 2. The fourth-order valence-electron chi connectivity index (χ4n) is 2.32. The number of carbonyl (C=O) groups is 1. The van der Waals surface area contributed by atoms with Crippen molar-refractivity contribution in [3.8, 4) is 17.1 Å². The molecule has 0 atom stereocenters. The van der Waals surface area contributed by atoms with Gasteiger partial charge in [0.15, 0.2) is 0 Å². The molecule has 1 heterocycles. The molecule has 0 amide bonds. The number of aromatic nitrogens is 2. The number of unbranched alkanes of at least 4 members (excludes halogenated alkanes) is 1. The zero-order valence-electron chi connectivity index (χ0n) is 12.9. The molecule has 0 aliphatic heterocycles. The van der Waals surface area contributed by atoms with Crippen molar-refractivity contribution >= 4 is 17.0 Å². The molecule has 0 saturated heterocycles. The van der Waals surface area contributed by atoms with Crippen molar-refractivity contribution in [1.29, 1.82) is 0 Å². The second kappa shape index (κ2) is 6.52. The number of imidazole rings is 1. The highest BCUT2D eigenvalue weighted by molar-refractivity contribution is 5.93. The van der Waals surface area contributed by atoms with Crippen LogP contribution >= 0.6 is 0 Å². The largest absolute Gasteiger partial charge is 0.494 e. The zero-order chi connectivity index (χ0) is 16.2. The van der Waals surface area contributed by atoms with Gasteiger partial charge in [0.1, 0.15) is 11.6 Å². The van der Waals surface area contributed by atoms with E-state index in [0.29, 0.717) is 11.3 Å². The van der Waals surface area contributed by atoms with Crippen LogP contribution in [0.1, 0.15) is 30.1 Å². The topological polar surface area (TPSA) is 75.2 Å². The van der Waals surface area contributed by atoms with Crippen molar-refractivity contribution in [2.75, 3.05) is 6.61 Å². The molecule has 0 aliphatic carbocycles. The van der Waals surface area contributed by atoms with Gasteiger partial charge >= 0.3 is 5.97 Å². The molecule has 0 aliphatic rings. The number of rotatable bonds is 6. The third-order valence-electron chi connectivity index (χ3n) is 3.62. The molecule has 5 heteroatoms. The lowest BCUT2D eigenvalue weighted by molar-refractivity contribution is 0.0697. The summed E-state index contributed by atoms with van der Waals surface area (Å²) in [6.07, 6.45) is 2.15. The Kier molecular flexibility index (Phi) is 4.28. The van der Waals surface area contributed by atoms with Crippen LogP contribution in [0.3, 0.4) is 0 Å². The molecule has 0 unspecified atom stereocenters. The first-order chi connectivity index (χ1) is 11.2. The van der Waals surface area contributed by atoms with E-state index in [-0.39, 0.29) is 5.56 Å². The normalized spacial score (nSPS) is 10.8. The molecule has 0 radical (unpaired) electrons. The maximum absolute atomic E-state index is 11.0. The Hall–Kier alpha value is -2.82. The molecule has 2 aromatic carbocycles. The predicted octanol–water partition coefficient (Wildman–Crippen LogP) is 4.11. The number of carboxylic acids is 1. The fourth-order valence-corrected chi connectivity index (χ4v) is 2.32. The minimum absolute atomic E-state index is 0.243. The number of nitrogens with one attached hydrogen (secondary N) is 1. The van der Waals surface area contributed by atoms with E-state index >= 15 is 0 Å². The highest BCUT2D eigenvalue weighted by Gasteiger charge is 2.09. The highest BCUT2D eigenvalue weighted by atomic mass is 16.5. The summed E-state index contributed by atoms with van der Waals surface area (Å²) >= 11 is 0. The molecule has 0 spiro atoms. The van der Waals surface area contributed by atoms with Gasteiger partial charge in [-0.2, -0.15) is 0 Å². The molecule has 5 nitrogen and oxygen atoms in total. The maximum Gasteiger partial charge on any atom is 0.335 e. The Bertz CT molecular complexity index is 822. The Morgan fingerprint density at radius 1 is 1.22 bits per heavy atom. The Balaban J connectivity index is 1.83. The summed E-state index contributed by atoms with van der Waals surface area (Å²) in [6.45, 7) is 2.85. The second-order valence-electron chi connectivity index (χ2n) is 5.35. The first kappa shape index (κ1) is 15.1. The third-order valence-corrected chi connectivity index (χ3v) is 3.62. The van der Waals surface area contributed by atoms with E-state index in [1.807, 2.05) is 24.3 Å². The van der Waals surface area contributed by atoms with E-state index in [2.05, 4.69) is 16.9 Å². The number of fused-ring (bicyclic) bond motifs is 1. The number of ether oxygens (including phenoxy) is 1. The van der Waals surface area contributed by atoms with Gasteiger partial charge in [-0.05, 0) is 48.9 Å². The summed E-state index contributed by atoms with van der Waals surface area (Å²) in [4.78, 5) is 18.7. The van der Waals surface area contributed by atoms with Crippen molar-refractivity contribution in [2.45, 2.75) is 19.8 Å². The molecule has 1 aromatic heterocycles. The van der Waals surface area contributed by atoms with E-state index < -0.39 is 5.97 Å². The van der Waals surface area contributed by atoms with Gasteiger partial charge in [-0.3, -0.25) is 0 Å². The SMILES string of the molecule is CCCCOc1ccc(-c2nc3ccc(C(=O)O)cc3[nH]2)cc1. The van der Waals surface area contributed by atoms with Crippen LogP contribution in [0.15, 0.2) is 42.5 Å².